The highest BCUT2D eigenvalue weighted by atomic mass is 35.5. The van der Waals surface area contributed by atoms with Crippen LogP contribution in [0, 0.1) is 5.92 Å². The number of nitrogens with one attached hydrogen (secondary N) is 2. The van der Waals surface area contributed by atoms with E-state index in [1.165, 1.54) is 16.7 Å². The van der Waals surface area contributed by atoms with E-state index in [9.17, 15) is 27.6 Å². The number of aromatic nitrogens is 1. The summed E-state index contributed by atoms with van der Waals surface area (Å²) < 4.78 is 40.7. The van der Waals surface area contributed by atoms with Crippen LogP contribution >= 0.6 is 23.4 Å². The van der Waals surface area contributed by atoms with Crippen LogP contribution in [0.2, 0.25) is 5.02 Å². The van der Waals surface area contributed by atoms with Gasteiger partial charge in [0.1, 0.15) is 0 Å². The molecule has 2 aromatic carbocycles. The Balaban J connectivity index is 1.84. The van der Waals surface area contributed by atoms with E-state index in [2.05, 4.69) is 10.3 Å². The number of alkyl halides is 3. The molecule has 244 valence electrons. The van der Waals surface area contributed by atoms with E-state index in [0.29, 0.717) is 46.8 Å². The van der Waals surface area contributed by atoms with Crippen LogP contribution in [0.25, 0.3) is 10.9 Å². The summed E-state index contributed by atoms with van der Waals surface area (Å²) in [5.74, 6) is -3.60. The first-order valence-corrected chi connectivity index (χ1v) is 16.2. The predicted octanol–water partition coefficient (Wildman–Crippen LogP) is 5.85. The van der Waals surface area contributed by atoms with E-state index in [1.54, 1.807) is 43.5 Å². The van der Waals surface area contributed by atoms with Crippen LogP contribution in [0.4, 0.5) is 23.7 Å². The summed E-state index contributed by atoms with van der Waals surface area (Å²) in [5, 5.41) is 3.99. The topological polar surface area (TPSA) is 98.0 Å². The molecule has 0 aliphatic carbocycles. The summed E-state index contributed by atoms with van der Waals surface area (Å²) in [6, 6.07) is 9.51. The number of aromatic amines is 1. The maximum atomic E-state index is 14.8. The van der Waals surface area contributed by atoms with Crippen molar-refractivity contribution in [2.45, 2.75) is 37.9 Å². The number of benzene rings is 2. The number of H-pyrrole nitrogens is 1. The summed E-state index contributed by atoms with van der Waals surface area (Å²) in [4.78, 5) is 52.0. The maximum absolute atomic E-state index is 14.8. The molecule has 2 heterocycles. The predicted molar refractivity (Wildman–Crippen MR) is 170 cm³/mol. The third kappa shape index (κ3) is 8.25. The highest BCUT2D eigenvalue weighted by Crippen LogP contribution is 2.37. The second kappa shape index (κ2) is 14.8. The Labute approximate surface area is 269 Å². The summed E-state index contributed by atoms with van der Waals surface area (Å²) in [7, 11) is 3.81. The molecule has 0 fully saturated rings. The lowest BCUT2D eigenvalue weighted by Gasteiger charge is -2.40. The summed E-state index contributed by atoms with van der Waals surface area (Å²) in [6.45, 7) is 2.55. The van der Waals surface area contributed by atoms with Crippen molar-refractivity contribution in [2.24, 2.45) is 5.92 Å². The number of amides is 3. The van der Waals surface area contributed by atoms with Crippen LogP contribution in [0.3, 0.4) is 0 Å². The van der Waals surface area contributed by atoms with Crippen molar-refractivity contribution in [2.75, 3.05) is 50.6 Å². The first-order chi connectivity index (χ1) is 21.3. The highest BCUT2D eigenvalue weighted by Gasteiger charge is 2.48. The van der Waals surface area contributed by atoms with Crippen LogP contribution < -0.4 is 10.2 Å². The van der Waals surface area contributed by atoms with Crippen molar-refractivity contribution in [3.8, 4) is 0 Å². The molecule has 0 bridgehead atoms. The largest absolute Gasteiger partial charge is 0.493 e. The summed E-state index contributed by atoms with van der Waals surface area (Å²) >= 11 is 7.84. The Bertz CT molecular complexity index is 1520. The Kier molecular flexibility index (Phi) is 11.3. The van der Waals surface area contributed by atoms with Gasteiger partial charge in [-0.15, -0.1) is 5.06 Å². The molecular weight excluding hydrogens is 631 g/mol. The molecule has 2 N–H and O–H groups in total. The molecule has 0 spiro atoms. The van der Waals surface area contributed by atoms with Crippen LogP contribution in [0.1, 0.15) is 30.4 Å². The fourth-order valence-electron chi connectivity index (χ4n) is 5.73. The second-order valence-electron chi connectivity index (χ2n) is 11.4. The summed E-state index contributed by atoms with van der Waals surface area (Å²) in [6.07, 6.45) is -0.765. The fourth-order valence-corrected chi connectivity index (χ4v) is 6.36. The number of urea groups is 1. The first kappa shape index (κ1) is 34.5. The van der Waals surface area contributed by atoms with Gasteiger partial charge in [0.2, 0.25) is 0 Å². The molecule has 9 nitrogen and oxygen atoms in total. The number of hydrogen-bond acceptors (Lipinski definition) is 6. The number of rotatable bonds is 10. The number of anilines is 1. The van der Waals surface area contributed by atoms with E-state index in [1.807, 2.05) is 37.4 Å². The second-order valence-corrected chi connectivity index (χ2v) is 12.8. The van der Waals surface area contributed by atoms with E-state index in [4.69, 9.17) is 16.4 Å². The minimum Gasteiger partial charge on any atom is -0.361 e. The fraction of sp³-hybridized carbons (Fsp3) is 0.452. The number of nitrogens with zero attached hydrogens (tertiary/aromatic N) is 3. The lowest BCUT2D eigenvalue weighted by molar-refractivity contribution is -0.233. The molecular formula is C31H37ClF3N5O4S. The van der Waals surface area contributed by atoms with Gasteiger partial charge < -0.3 is 24.9 Å². The van der Waals surface area contributed by atoms with Crippen molar-refractivity contribution in [3.63, 3.8) is 0 Å². The van der Waals surface area contributed by atoms with Gasteiger partial charge in [-0.25, -0.2) is 9.59 Å². The normalized spacial score (nSPS) is 16.3. The molecule has 45 heavy (non-hydrogen) atoms. The highest BCUT2D eigenvalue weighted by molar-refractivity contribution is 7.98. The van der Waals surface area contributed by atoms with Gasteiger partial charge in [-0.1, -0.05) is 36.7 Å². The van der Waals surface area contributed by atoms with Crippen LogP contribution in [-0.2, 0) is 20.8 Å². The number of carbonyl (C=O) groups is 3. The molecule has 1 aliphatic heterocycles. The van der Waals surface area contributed by atoms with Gasteiger partial charge >= 0.3 is 18.2 Å². The van der Waals surface area contributed by atoms with E-state index >= 15 is 0 Å². The average molecular weight is 668 g/mol. The number of hydroxylamine groups is 2. The minimum absolute atomic E-state index is 0.0505. The van der Waals surface area contributed by atoms with Crippen molar-refractivity contribution in [1.29, 1.82) is 0 Å². The van der Waals surface area contributed by atoms with Crippen LogP contribution in [0.15, 0.2) is 48.7 Å². The molecule has 3 aromatic rings. The molecule has 0 saturated heterocycles. The first-order valence-electron chi connectivity index (χ1n) is 14.5. The third-order valence-electron chi connectivity index (χ3n) is 7.68. The van der Waals surface area contributed by atoms with Gasteiger partial charge in [0.25, 0.3) is 5.91 Å². The van der Waals surface area contributed by atoms with Crippen LogP contribution in [0.5, 0.6) is 0 Å². The van der Waals surface area contributed by atoms with E-state index in [-0.39, 0.29) is 24.1 Å². The Morgan fingerprint density at radius 1 is 1.20 bits per heavy atom. The molecule has 1 aliphatic rings. The number of halogens is 4. The number of thioether (sulfide) groups is 1. The Hall–Kier alpha value is -3.42. The van der Waals surface area contributed by atoms with Gasteiger partial charge in [0.15, 0.2) is 6.04 Å². The monoisotopic (exact) mass is 667 g/mol. The smallest absolute Gasteiger partial charge is 0.361 e. The minimum atomic E-state index is -5.42. The zero-order chi connectivity index (χ0) is 32.9. The van der Waals surface area contributed by atoms with Crippen molar-refractivity contribution in [1.82, 2.24) is 20.3 Å². The molecule has 2 unspecified atom stereocenters. The molecule has 0 radical (unpaired) electrons. The number of hydrogen-bond donors (Lipinski definition) is 2. The van der Waals surface area contributed by atoms with Gasteiger partial charge in [0.05, 0.1) is 0 Å². The van der Waals surface area contributed by atoms with Crippen molar-refractivity contribution < 1.29 is 32.4 Å². The molecule has 4 rings (SSSR count). The summed E-state index contributed by atoms with van der Waals surface area (Å²) in [5.41, 5.74) is 2.60. The Morgan fingerprint density at radius 2 is 1.93 bits per heavy atom. The molecule has 3 amide bonds. The standard InChI is InChI=1S/C31H37ClF3N5O4S/c1-19(24-16-37-25-9-6-5-8-23(24)25)27(40(44-29(42)31(33,34)35)30(43)36-12-7-13-45-4)28(41)39-18-20(17-38(2)3)14-21-15-22(32)10-11-26(21)39/h5-6,8-11,15-16,19-20,27,37H,7,12-14,17-18H2,1-4H3,(H,36,43)/t19?,20-,27?/m1/s1. The SMILES string of the molecule is CSCCCNC(=O)N(OC(=O)C(F)(F)F)C(C(=O)N1C[C@@H](CN(C)C)Cc2cc(Cl)ccc21)C(C)c1c[nH]c2ccccc12. The molecule has 0 saturated carbocycles. The number of carbonyl (C=O) groups excluding carboxylic acids is 3. The Morgan fingerprint density at radius 3 is 2.62 bits per heavy atom. The van der Waals surface area contributed by atoms with Gasteiger partial charge in [0, 0.05) is 53.4 Å². The zero-order valence-electron chi connectivity index (χ0n) is 25.5. The number of para-hydroxylation sites is 1. The molecule has 14 heteroatoms. The van der Waals surface area contributed by atoms with Crippen LogP contribution in [-0.4, -0.2) is 90.8 Å². The maximum Gasteiger partial charge on any atom is 0.493 e. The van der Waals surface area contributed by atoms with Crippen molar-refractivity contribution in [3.05, 3.63) is 64.8 Å². The zero-order valence-corrected chi connectivity index (χ0v) is 27.1. The van der Waals surface area contributed by atoms with Crippen molar-refractivity contribution >= 4 is 57.9 Å². The molecule has 3 atom stereocenters. The lowest BCUT2D eigenvalue weighted by Crippen LogP contribution is -2.58. The quantitative estimate of drug-likeness (QED) is 0.208. The van der Waals surface area contributed by atoms with E-state index in [0.717, 1.165) is 11.1 Å². The van der Waals surface area contributed by atoms with Gasteiger partial charge in [-0.3, -0.25) is 4.79 Å². The van der Waals surface area contributed by atoms with Gasteiger partial charge in [-0.2, -0.15) is 24.9 Å². The number of fused-ring (bicyclic) bond motifs is 2. The third-order valence-corrected chi connectivity index (χ3v) is 8.61. The van der Waals surface area contributed by atoms with Gasteiger partial charge in [-0.05, 0) is 80.3 Å². The van der Waals surface area contributed by atoms with E-state index < -0.39 is 36.0 Å². The average Bonchev–Trinajstić information content (AvgIpc) is 3.41. The lowest BCUT2D eigenvalue weighted by atomic mass is 9.88. The molecule has 1 aromatic heterocycles.